The van der Waals surface area contributed by atoms with Crippen molar-refractivity contribution in [1.29, 1.82) is 0 Å². The second-order valence-corrected chi connectivity index (χ2v) is 5.40. The fourth-order valence-corrected chi connectivity index (χ4v) is 2.04. The van der Waals surface area contributed by atoms with E-state index >= 15 is 0 Å². The van der Waals surface area contributed by atoms with Crippen molar-refractivity contribution in [3.05, 3.63) is 70.8 Å². The van der Waals surface area contributed by atoms with Crippen molar-refractivity contribution in [1.82, 2.24) is 10.9 Å². The van der Waals surface area contributed by atoms with Gasteiger partial charge in [-0.15, -0.1) is 0 Å². The van der Waals surface area contributed by atoms with Gasteiger partial charge in [0.15, 0.2) is 6.61 Å². The third-order valence-corrected chi connectivity index (χ3v) is 3.35. The fourth-order valence-electron chi connectivity index (χ4n) is 1.84. The van der Waals surface area contributed by atoms with Crippen LogP contribution in [0.3, 0.4) is 0 Å². The van der Waals surface area contributed by atoms with Gasteiger partial charge in [-0.1, -0.05) is 41.9 Å². The summed E-state index contributed by atoms with van der Waals surface area (Å²) in [6, 6.07) is 14.5. The molecule has 6 heteroatoms. The summed E-state index contributed by atoms with van der Waals surface area (Å²) in [5.41, 5.74) is 6.29. The molecule has 0 spiro atoms. The molecule has 2 N–H and O–H groups in total. The Hall–Kier alpha value is -2.79. The van der Waals surface area contributed by atoms with Crippen LogP contribution in [0.5, 0.6) is 5.75 Å². The zero-order valence-electron chi connectivity index (χ0n) is 13.1. The SMILES string of the molecule is Cc1cccc(OCC(=O)NNC(=O)C=Cc2ccccc2Cl)c1. The van der Waals surface area contributed by atoms with E-state index in [4.69, 9.17) is 16.3 Å². The summed E-state index contributed by atoms with van der Waals surface area (Å²) in [5, 5.41) is 0.539. The highest BCUT2D eigenvalue weighted by Crippen LogP contribution is 2.16. The summed E-state index contributed by atoms with van der Waals surface area (Å²) in [5.74, 6) is -0.343. The third kappa shape index (κ3) is 5.78. The van der Waals surface area contributed by atoms with Crippen molar-refractivity contribution in [2.45, 2.75) is 6.92 Å². The minimum absolute atomic E-state index is 0.196. The van der Waals surface area contributed by atoms with Crippen molar-refractivity contribution in [3.8, 4) is 5.75 Å². The summed E-state index contributed by atoms with van der Waals surface area (Å²) in [6.07, 6.45) is 2.84. The molecule has 0 unspecified atom stereocenters. The molecule has 0 bridgehead atoms. The summed E-state index contributed by atoms with van der Waals surface area (Å²) >= 11 is 5.98. The molecule has 0 aromatic heterocycles. The van der Waals surface area contributed by atoms with E-state index in [1.54, 1.807) is 30.3 Å². The lowest BCUT2D eigenvalue weighted by Gasteiger charge is -2.08. The molecule has 2 amide bonds. The van der Waals surface area contributed by atoms with E-state index in [2.05, 4.69) is 10.9 Å². The number of amides is 2. The number of hydrazine groups is 1. The molecule has 124 valence electrons. The predicted molar refractivity (Wildman–Crippen MR) is 93.4 cm³/mol. The van der Waals surface area contributed by atoms with Gasteiger partial charge in [0.25, 0.3) is 11.8 Å². The molecule has 5 nitrogen and oxygen atoms in total. The zero-order chi connectivity index (χ0) is 17.4. The normalized spacial score (nSPS) is 10.4. The van der Waals surface area contributed by atoms with E-state index in [1.807, 2.05) is 31.2 Å². The van der Waals surface area contributed by atoms with Crippen LogP contribution in [0, 0.1) is 6.92 Å². The first-order chi connectivity index (χ1) is 11.5. The van der Waals surface area contributed by atoms with Crippen LogP contribution < -0.4 is 15.6 Å². The van der Waals surface area contributed by atoms with E-state index in [-0.39, 0.29) is 6.61 Å². The summed E-state index contributed by atoms with van der Waals surface area (Å²) in [7, 11) is 0. The standard InChI is InChI=1S/C18H17ClN2O3/c1-13-5-4-7-15(11-13)24-12-18(23)21-20-17(22)10-9-14-6-2-3-8-16(14)19/h2-11H,12H2,1H3,(H,20,22)(H,21,23). The Morgan fingerprint density at radius 3 is 2.67 bits per heavy atom. The van der Waals surface area contributed by atoms with E-state index < -0.39 is 11.8 Å². The smallest absolute Gasteiger partial charge is 0.276 e. The quantitative estimate of drug-likeness (QED) is 0.647. The van der Waals surface area contributed by atoms with Crippen LogP contribution in [0.15, 0.2) is 54.6 Å². The molecular formula is C18H17ClN2O3. The number of aryl methyl sites for hydroxylation is 1. The molecule has 24 heavy (non-hydrogen) atoms. The highest BCUT2D eigenvalue weighted by Gasteiger charge is 2.04. The molecular weight excluding hydrogens is 328 g/mol. The van der Waals surface area contributed by atoms with Gasteiger partial charge >= 0.3 is 0 Å². The van der Waals surface area contributed by atoms with Gasteiger partial charge in [0.2, 0.25) is 0 Å². The predicted octanol–water partition coefficient (Wildman–Crippen LogP) is 2.89. The Bertz CT molecular complexity index is 759. The average molecular weight is 345 g/mol. The Balaban J connectivity index is 1.75. The monoisotopic (exact) mass is 344 g/mol. The van der Waals surface area contributed by atoms with Crippen LogP contribution in [-0.4, -0.2) is 18.4 Å². The van der Waals surface area contributed by atoms with Crippen LogP contribution in [0.2, 0.25) is 5.02 Å². The van der Waals surface area contributed by atoms with Gasteiger partial charge in [-0.3, -0.25) is 20.4 Å². The molecule has 0 aliphatic heterocycles. The van der Waals surface area contributed by atoms with Gasteiger partial charge in [-0.2, -0.15) is 0 Å². The van der Waals surface area contributed by atoms with Gasteiger partial charge in [-0.05, 0) is 42.3 Å². The maximum absolute atomic E-state index is 11.7. The molecule has 0 saturated heterocycles. The molecule has 0 aliphatic rings. The van der Waals surface area contributed by atoms with Gasteiger partial charge in [-0.25, -0.2) is 0 Å². The number of hydrogen-bond donors (Lipinski definition) is 2. The van der Waals surface area contributed by atoms with Crippen LogP contribution in [0.4, 0.5) is 0 Å². The van der Waals surface area contributed by atoms with Crippen LogP contribution in [-0.2, 0) is 9.59 Å². The number of hydrogen-bond acceptors (Lipinski definition) is 3. The first-order valence-electron chi connectivity index (χ1n) is 7.25. The largest absolute Gasteiger partial charge is 0.484 e. The summed E-state index contributed by atoms with van der Waals surface area (Å²) in [6.45, 7) is 1.73. The van der Waals surface area contributed by atoms with Gasteiger partial charge in [0.05, 0.1) is 0 Å². The molecule has 0 fully saturated rings. The molecule has 0 heterocycles. The van der Waals surface area contributed by atoms with Crippen molar-refractivity contribution >= 4 is 29.5 Å². The highest BCUT2D eigenvalue weighted by atomic mass is 35.5. The molecule has 0 saturated carbocycles. The molecule has 2 rings (SSSR count). The third-order valence-electron chi connectivity index (χ3n) is 3.00. The molecule has 0 radical (unpaired) electrons. The van der Waals surface area contributed by atoms with E-state index in [9.17, 15) is 9.59 Å². The summed E-state index contributed by atoms with van der Waals surface area (Å²) < 4.78 is 5.33. The Kier molecular flexibility index (Phi) is 6.40. The molecule has 0 atom stereocenters. The van der Waals surface area contributed by atoms with Crippen molar-refractivity contribution in [2.75, 3.05) is 6.61 Å². The van der Waals surface area contributed by atoms with Gasteiger partial charge in [0, 0.05) is 11.1 Å². The van der Waals surface area contributed by atoms with Crippen molar-refractivity contribution < 1.29 is 14.3 Å². The number of carbonyl (C=O) groups excluding carboxylic acids is 2. The number of halogens is 1. The Morgan fingerprint density at radius 1 is 1.12 bits per heavy atom. The highest BCUT2D eigenvalue weighted by molar-refractivity contribution is 6.32. The number of carbonyl (C=O) groups is 2. The van der Waals surface area contributed by atoms with Gasteiger partial charge in [0.1, 0.15) is 5.75 Å². The first kappa shape index (κ1) is 17.6. The lowest BCUT2D eigenvalue weighted by Crippen LogP contribution is -2.43. The maximum atomic E-state index is 11.7. The Morgan fingerprint density at radius 2 is 1.92 bits per heavy atom. The number of rotatable bonds is 5. The lowest BCUT2D eigenvalue weighted by atomic mass is 10.2. The number of ether oxygens (including phenoxy) is 1. The summed E-state index contributed by atoms with van der Waals surface area (Å²) in [4.78, 5) is 23.3. The molecule has 2 aromatic carbocycles. The topological polar surface area (TPSA) is 67.4 Å². The second-order valence-electron chi connectivity index (χ2n) is 5.00. The number of nitrogens with one attached hydrogen (secondary N) is 2. The minimum Gasteiger partial charge on any atom is -0.484 e. The molecule has 2 aromatic rings. The van der Waals surface area contributed by atoms with Crippen LogP contribution in [0.25, 0.3) is 6.08 Å². The number of benzene rings is 2. The van der Waals surface area contributed by atoms with Crippen LogP contribution in [0.1, 0.15) is 11.1 Å². The van der Waals surface area contributed by atoms with Gasteiger partial charge < -0.3 is 4.74 Å². The molecule has 0 aliphatic carbocycles. The minimum atomic E-state index is -0.473. The first-order valence-corrected chi connectivity index (χ1v) is 7.63. The van der Waals surface area contributed by atoms with Crippen LogP contribution >= 0.6 is 11.6 Å². The zero-order valence-corrected chi connectivity index (χ0v) is 13.8. The van der Waals surface area contributed by atoms with Crippen molar-refractivity contribution in [3.63, 3.8) is 0 Å². The lowest BCUT2D eigenvalue weighted by molar-refractivity contribution is -0.128. The van der Waals surface area contributed by atoms with E-state index in [0.29, 0.717) is 16.3 Å². The fraction of sp³-hybridized carbons (Fsp3) is 0.111. The van der Waals surface area contributed by atoms with Crippen molar-refractivity contribution in [2.24, 2.45) is 0 Å². The Labute approximate surface area is 145 Å². The van der Waals surface area contributed by atoms with E-state index in [0.717, 1.165) is 5.56 Å². The van der Waals surface area contributed by atoms with E-state index in [1.165, 1.54) is 6.08 Å². The maximum Gasteiger partial charge on any atom is 0.276 e. The second kappa shape index (κ2) is 8.74. The average Bonchev–Trinajstić information content (AvgIpc) is 2.57.